The molecule has 0 aromatic carbocycles. The Bertz CT molecular complexity index is 496. The Hall–Kier alpha value is -1.09. The van der Waals surface area contributed by atoms with Crippen LogP contribution >= 0.6 is 0 Å². The molecule has 0 atom stereocenters. The first-order valence-corrected chi connectivity index (χ1v) is 8.46. The number of rotatable bonds is 2. The average molecular weight is 288 g/mol. The van der Waals surface area contributed by atoms with Gasteiger partial charge in [0.2, 0.25) is 0 Å². The van der Waals surface area contributed by atoms with Gasteiger partial charge < -0.3 is 10.0 Å². The van der Waals surface area contributed by atoms with E-state index in [1.165, 1.54) is 44.9 Å². The van der Waals surface area contributed by atoms with Crippen LogP contribution in [0.1, 0.15) is 61.8 Å². The molecule has 0 bridgehead atoms. The molecular weight excluding hydrogens is 260 g/mol. The van der Waals surface area contributed by atoms with Crippen LogP contribution in [0.15, 0.2) is 6.07 Å². The topological polar surface area (TPSA) is 36.4 Å². The van der Waals surface area contributed by atoms with Gasteiger partial charge in [0, 0.05) is 24.3 Å². The largest absolute Gasteiger partial charge is 0.392 e. The maximum absolute atomic E-state index is 9.70. The Kier molecular flexibility index (Phi) is 4.21. The first-order valence-electron chi connectivity index (χ1n) is 8.46. The van der Waals surface area contributed by atoms with Crippen LogP contribution in [-0.4, -0.2) is 23.2 Å². The summed E-state index contributed by atoms with van der Waals surface area (Å²) in [5, 5.41) is 9.70. The Labute approximate surface area is 128 Å². The summed E-state index contributed by atoms with van der Waals surface area (Å²) in [6.45, 7) is 6.42. The number of aliphatic hydroxyl groups excluding tert-OH is 1. The summed E-state index contributed by atoms with van der Waals surface area (Å²) in [7, 11) is 0. The number of hydrogen-bond acceptors (Lipinski definition) is 3. The van der Waals surface area contributed by atoms with E-state index in [0.29, 0.717) is 5.41 Å². The van der Waals surface area contributed by atoms with Gasteiger partial charge in [-0.2, -0.15) is 0 Å². The fraction of sp³-hybridized carbons (Fsp3) is 0.722. The molecule has 0 radical (unpaired) electrons. The van der Waals surface area contributed by atoms with Gasteiger partial charge in [-0.3, -0.25) is 0 Å². The van der Waals surface area contributed by atoms with Crippen LogP contribution in [0.25, 0.3) is 0 Å². The lowest BCUT2D eigenvalue weighted by Gasteiger charge is -2.45. The zero-order valence-corrected chi connectivity index (χ0v) is 13.5. The van der Waals surface area contributed by atoms with E-state index in [1.807, 2.05) is 6.92 Å². The molecular formula is C18H28N2O. The van der Waals surface area contributed by atoms with Gasteiger partial charge in [0.05, 0.1) is 6.61 Å². The van der Waals surface area contributed by atoms with Gasteiger partial charge in [-0.15, -0.1) is 0 Å². The molecule has 0 amide bonds. The minimum atomic E-state index is 0.0933. The van der Waals surface area contributed by atoms with E-state index in [0.717, 1.165) is 35.7 Å². The maximum atomic E-state index is 9.70. The van der Waals surface area contributed by atoms with Crippen LogP contribution in [0, 0.1) is 19.3 Å². The number of hydrogen-bond donors (Lipinski definition) is 1. The molecule has 1 spiro atoms. The highest BCUT2D eigenvalue weighted by Crippen LogP contribution is 2.45. The molecule has 1 aliphatic heterocycles. The molecule has 21 heavy (non-hydrogen) atoms. The van der Waals surface area contributed by atoms with Crippen molar-refractivity contribution in [3.63, 3.8) is 0 Å². The molecule has 2 aliphatic rings. The highest BCUT2D eigenvalue weighted by atomic mass is 16.3. The van der Waals surface area contributed by atoms with Gasteiger partial charge in [0.25, 0.3) is 0 Å². The highest BCUT2D eigenvalue weighted by molar-refractivity contribution is 5.51. The lowest BCUT2D eigenvalue weighted by Crippen LogP contribution is -2.42. The van der Waals surface area contributed by atoms with E-state index in [9.17, 15) is 5.11 Å². The van der Waals surface area contributed by atoms with Gasteiger partial charge in [-0.05, 0) is 56.6 Å². The molecule has 1 saturated heterocycles. The van der Waals surface area contributed by atoms with Crippen molar-refractivity contribution < 1.29 is 5.11 Å². The summed E-state index contributed by atoms with van der Waals surface area (Å²) in [6, 6.07) is 2.07. The van der Waals surface area contributed by atoms with E-state index in [1.54, 1.807) is 0 Å². The third kappa shape index (κ3) is 2.94. The maximum Gasteiger partial charge on any atom is 0.134 e. The van der Waals surface area contributed by atoms with E-state index >= 15 is 0 Å². The molecule has 1 aliphatic carbocycles. The summed E-state index contributed by atoms with van der Waals surface area (Å²) < 4.78 is 0. The molecule has 3 heteroatoms. The van der Waals surface area contributed by atoms with Gasteiger partial charge in [0.15, 0.2) is 0 Å². The summed E-state index contributed by atoms with van der Waals surface area (Å²) in [4.78, 5) is 7.14. The van der Waals surface area contributed by atoms with Crippen molar-refractivity contribution >= 4 is 5.82 Å². The quantitative estimate of drug-likeness (QED) is 0.900. The van der Waals surface area contributed by atoms with Crippen LogP contribution in [0.4, 0.5) is 5.82 Å². The van der Waals surface area contributed by atoms with Crippen molar-refractivity contribution in [2.24, 2.45) is 5.41 Å². The third-order valence-electron chi connectivity index (χ3n) is 5.65. The van der Waals surface area contributed by atoms with Gasteiger partial charge >= 0.3 is 0 Å². The Balaban J connectivity index is 1.77. The highest BCUT2D eigenvalue weighted by Gasteiger charge is 2.36. The Morgan fingerprint density at radius 2 is 1.76 bits per heavy atom. The van der Waals surface area contributed by atoms with E-state index in [-0.39, 0.29) is 6.61 Å². The van der Waals surface area contributed by atoms with Crippen molar-refractivity contribution in [1.82, 2.24) is 4.98 Å². The number of anilines is 1. The van der Waals surface area contributed by atoms with Gasteiger partial charge in [0.1, 0.15) is 5.82 Å². The van der Waals surface area contributed by atoms with Crippen LogP contribution in [-0.2, 0) is 6.61 Å². The first-order chi connectivity index (χ1) is 10.1. The summed E-state index contributed by atoms with van der Waals surface area (Å²) in [6.07, 6.45) is 9.72. The zero-order chi connectivity index (χ0) is 14.9. The third-order valence-corrected chi connectivity index (χ3v) is 5.65. The van der Waals surface area contributed by atoms with Crippen LogP contribution < -0.4 is 4.90 Å². The second kappa shape index (κ2) is 5.96. The van der Waals surface area contributed by atoms with Crippen LogP contribution in [0.5, 0.6) is 0 Å². The minimum absolute atomic E-state index is 0.0933. The molecule has 2 fully saturated rings. The molecule has 1 aromatic rings. The van der Waals surface area contributed by atoms with Crippen LogP contribution in [0.3, 0.4) is 0 Å². The van der Waals surface area contributed by atoms with E-state index in [4.69, 9.17) is 4.98 Å². The number of piperidine rings is 1. The smallest absolute Gasteiger partial charge is 0.134 e. The molecule has 3 rings (SSSR count). The molecule has 1 N–H and O–H groups in total. The number of aryl methyl sites for hydroxylation is 2. The fourth-order valence-electron chi connectivity index (χ4n) is 4.30. The van der Waals surface area contributed by atoms with Gasteiger partial charge in [-0.25, -0.2) is 4.98 Å². The fourth-order valence-corrected chi connectivity index (χ4v) is 4.30. The Morgan fingerprint density at radius 1 is 1.10 bits per heavy atom. The Morgan fingerprint density at radius 3 is 2.38 bits per heavy atom. The lowest BCUT2D eigenvalue weighted by molar-refractivity contribution is 0.144. The first kappa shape index (κ1) is 14.8. The predicted molar refractivity (Wildman–Crippen MR) is 86.6 cm³/mol. The average Bonchev–Trinajstić information content (AvgIpc) is 2.48. The predicted octanol–water partition coefficient (Wildman–Crippen LogP) is 3.74. The van der Waals surface area contributed by atoms with E-state index in [2.05, 4.69) is 17.9 Å². The van der Waals surface area contributed by atoms with E-state index < -0.39 is 0 Å². The normalized spacial score (nSPS) is 21.8. The molecule has 3 nitrogen and oxygen atoms in total. The van der Waals surface area contributed by atoms with Crippen molar-refractivity contribution in [2.75, 3.05) is 18.0 Å². The summed E-state index contributed by atoms with van der Waals surface area (Å²) in [5.74, 6) is 1.03. The zero-order valence-electron chi connectivity index (χ0n) is 13.5. The van der Waals surface area contributed by atoms with Gasteiger partial charge in [-0.1, -0.05) is 19.3 Å². The van der Waals surface area contributed by atoms with Crippen molar-refractivity contribution in [3.8, 4) is 0 Å². The molecule has 116 valence electrons. The molecule has 2 heterocycles. The minimum Gasteiger partial charge on any atom is -0.392 e. The summed E-state index contributed by atoms with van der Waals surface area (Å²) in [5.41, 5.74) is 3.85. The number of pyridine rings is 1. The standard InChI is InChI=1S/C18H28N2O/c1-14-12-15(2)19-17(16(14)13-21)20-10-8-18(9-11-20)6-4-3-5-7-18/h12,21H,3-11,13H2,1-2H3. The molecule has 0 unspecified atom stereocenters. The second-order valence-electron chi connectivity index (χ2n) is 7.09. The van der Waals surface area contributed by atoms with Crippen molar-refractivity contribution in [1.29, 1.82) is 0 Å². The molecule has 1 aromatic heterocycles. The SMILES string of the molecule is Cc1cc(C)c(CO)c(N2CCC3(CCCCC3)CC2)n1. The lowest BCUT2D eigenvalue weighted by atomic mass is 9.68. The molecule has 1 saturated carbocycles. The monoisotopic (exact) mass is 288 g/mol. The second-order valence-corrected chi connectivity index (χ2v) is 7.09. The number of aromatic nitrogens is 1. The number of nitrogens with zero attached hydrogens (tertiary/aromatic N) is 2. The van der Waals surface area contributed by atoms with Crippen molar-refractivity contribution in [3.05, 3.63) is 22.9 Å². The number of aliphatic hydroxyl groups is 1. The summed E-state index contributed by atoms with van der Waals surface area (Å²) >= 11 is 0. The van der Waals surface area contributed by atoms with Crippen LogP contribution in [0.2, 0.25) is 0 Å². The van der Waals surface area contributed by atoms with Crippen molar-refractivity contribution in [2.45, 2.75) is 65.4 Å².